The topological polar surface area (TPSA) is 20.3 Å². The van der Waals surface area contributed by atoms with Gasteiger partial charge in [0.1, 0.15) is 5.78 Å². The Morgan fingerprint density at radius 3 is 1.88 bits per heavy atom. The third-order valence-corrected chi connectivity index (χ3v) is 6.09. The first-order chi connectivity index (χ1) is 15.6. The lowest BCUT2D eigenvalue weighted by Crippen LogP contribution is -2.48. The van der Waals surface area contributed by atoms with E-state index in [4.69, 9.17) is 0 Å². The highest BCUT2D eigenvalue weighted by Crippen LogP contribution is 2.45. The smallest absolute Gasteiger partial charge is 0.166 e. The molecule has 0 saturated carbocycles. The molecule has 3 aromatic carbocycles. The van der Waals surface area contributed by atoms with Crippen molar-refractivity contribution in [3.63, 3.8) is 0 Å². The maximum atomic E-state index is 15.2. The number of benzene rings is 3. The number of hydrogen-bond acceptors (Lipinski definition) is 2. The highest BCUT2D eigenvalue weighted by atomic mass is 19.2. The lowest BCUT2D eigenvalue weighted by Gasteiger charge is -2.40. The molecule has 2 atom stereocenters. The van der Waals surface area contributed by atoms with Crippen LogP contribution in [0.25, 0.3) is 11.1 Å². The van der Waals surface area contributed by atoms with Gasteiger partial charge in [0.05, 0.1) is 5.41 Å². The van der Waals surface area contributed by atoms with Gasteiger partial charge in [-0.3, -0.25) is 4.79 Å². The fourth-order valence-corrected chi connectivity index (χ4v) is 4.69. The van der Waals surface area contributed by atoms with Crippen molar-refractivity contribution in [3.8, 4) is 11.1 Å². The van der Waals surface area contributed by atoms with Gasteiger partial charge in [0.15, 0.2) is 23.3 Å². The van der Waals surface area contributed by atoms with Crippen molar-refractivity contribution in [1.82, 2.24) is 4.90 Å². The van der Waals surface area contributed by atoms with E-state index in [0.29, 0.717) is 0 Å². The van der Waals surface area contributed by atoms with Crippen molar-refractivity contribution in [1.29, 1.82) is 0 Å². The van der Waals surface area contributed by atoms with Crippen molar-refractivity contribution in [2.24, 2.45) is 5.92 Å². The molecular weight excluding hydrogens is 430 g/mol. The number of ketones is 1. The molecule has 0 amide bonds. The molecule has 6 heteroatoms. The summed E-state index contributed by atoms with van der Waals surface area (Å²) >= 11 is 0. The highest BCUT2D eigenvalue weighted by molar-refractivity contribution is 5.94. The molecular formula is C27H27F4NO. The number of Topliss-reactive ketones (excluding diaryl/α,β-unsaturated/α-hetero) is 1. The van der Waals surface area contributed by atoms with Crippen LogP contribution < -0.4 is 0 Å². The molecule has 33 heavy (non-hydrogen) atoms. The van der Waals surface area contributed by atoms with Gasteiger partial charge in [-0.15, -0.1) is 0 Å². The van der Waals surface area contributed by atoms with Crippen molar-refractivity contribution in [2.75, 3.05) is 20.6 Å². The minimum absolute atomic E-state index is 0.0742. The molecule has 174 valence electrons. The Morgan fingerprint density at radius 2 is 1.39 bits per heavy atom. The van der Waals surface area contributed by atoms with E-state index >= 15 is 8.78 Å². The van der Waals surface area contributed by atoms with E-state index in [1.54, 1.807) is 57.1 Å². The van der Waals surface area contributed by atoms with Crippen molar-refractivity contribution >= 4 is 5.78 Å². The van der Waals surface area contributed by atoms with Gasteiger partial charge < -0.3 is 4.90 Å². The average molecular weight is 458 g/mol. The SMILES string of the molecule is CCC(=O)[C@](c1ccc(-c2ccccc2)cc1)(c1c(F)c(F)cc(F)c1F)[C@H](C)CN(C)C. The molecule has 0 saturated heterocycles. The minimum atomic E-state index is -1.93. The molecule has 0 spiro atoms. The van der Waals surface area contributed by atoms with Crippen LogP contribution in [0.3, 0.4) is 0 Å². The summed E-state index contributed by atoms with van der Waals surface area (Å²) in [4.78, 5) is 15.3. The standard InChI is InChI=1S/C27H27F4NO/c1-5-23(33)27(17(2)16-32(3)4,24-25(30)21(28)15-22(29)26(24)31)20-13-11-19(12-14-20)18-9-7-6-8-10-18/h6-15,17H,5,16H2,1-4H3/t17-,27+/m1/s1. The zero-order valence-electron chi connectivity index (χ0n) is 19.1. The number of halogens is 4. The first kappa shape index (κ1) is 24.6. The molecule has 2 nitrogen and oxygen atoms in total. The lowest BCUT2D eigenvalue weighted by atomic mass is 9.62. The summed E-state index contributed by atoms with van der Waals surface area (Å²) in [6.07, 6.45) is -0.0742. The summed E-state index contributed by atoms with van der Waals surface area (Å²) in [5.74, 6) is -7.38. The van der Waals surface area contributed by atoms with Crippen LogP contribution in [0.4, 0.5) is 17.6 Å². The van der Waals surface area contributed by atoms with Crippen molar-refractivity contribution in [3.05, 3.63) is 95.1 Å². The van der Waals surface area contributed by atoms with E-state index in [0.717, 1.165) is 11.1 Å². The Hall–Kier alpha value is -2.99. The Kier molecular flexibility index (Phi) is 7.38. The fraction of sp³-hybridized carbons (Fsp3) is 0.296. The monoisotopic (exact) mass is 457 g/mol. The predicted octanol–water partition coefficient (Wildman–Crippen LogP) is 6.37. The van der Waals surface area contributed by atoms with Gasteiger partial charge >= 0.3 is 0 Å². The minimum Gasteiger partial charge on any atom is -0.309 e. The molecule has 0 aliphatic heterocycles. The molecule has 0 aliphatic carbocycles. The third-order valence-electron chi connectivity index (χ3n) is 6.09. The zero-order chi connectivity index (χ0) is 24.3. The van der Waals surface area contributed by atoms with Crippen LogP contribution in [0.5, 0.6) is 0 Å². The molecule has 0 N–H and O–H groups in total. The van der Waals surface area contributed by atoms with Crippen LogP contribution in [0.1, 0.15) is 31.4 Å². The van der Waals surface area contributed by atoms with Gasteiger partial charge in [-0.05, 0) is 36.7 Å². The molecule has 0 radical (unpaired) electrons. The maximum absolute atomic E-state index is 15.2. The third kappa shape index (κ3) is 4.44. The predicted molar refractivity (Wildman–Crippen MR) is 122 cm³/mol. The summed E-state index contributed by atoms with van der Waals surface area (Å²) in [5.41, 5.74) is -0.763. The number of carbonyl (C=O) groups excluding carboxylic acids is 1. The largest absolute Gasteiger partial charge is 0.309 e. The van der Waals surface area contributed by atoms with E-state index in [1.165, 1.54) is 0 Å². The van der Waals surface area contributed by atoms with Crippen LogP contribution in [-0.4, -0.2) is 31.3 Å². The first-order valence-electron chi connectivity index (χ1n) is 10.8. The van der Waals surface area contributed by atoms with Crippen LogP contribution in [0.15, 0.2) is 60.7 Å². The highest BCUT2D eigenvalue weighted by Gasteiger charge is 2.50. The summed E-state index contributed by atoms with van der Waals surface area (Å²) < 4.78 is 59.1. The molecule has 3 aromatic rings. The molecule has 3 rings (SSSR count). The summed E-state index contributed by atoms with van der Waals surface area (Å²) in [6.45, 7) is 3.49. The number of hydrogen-bond donors (Lipinski definition) is 0. The van der Waals surface area contributed by atoms with Gasteiger partial charge in [0.2, 0.25) is 0 Å². The summed E-state index contributed by atoms with van der Waals surface area (Å²) in [6, 6.07) is 16.4. The van der Waals surface area contributed by atoms with Gasteiger partial charge in [-0.1, -0.05) is 68.4 Å². The van der Waals surface area contributed by atoms with Crippen LogP contribution in [0, 0.1) is 29.2 Å². The van der Waals surface area contributed by atoms with Crippen LogP contribution in [0.2, 0.25) is 0 Å². The fourth-order valence-electron chi connectivity index (χ4n) is 4.69. The molecule has 0 heterocycles. The van der Waals surface area contributed by atoms with Crippen LogP contribution >= 0.6 is 0 Å². The Morgan fingerprint density at radius 1 is 0.879 bits per heavy atom. The van der Waals surface area contributed by atoms with Crippen LogP contribution in [-0.2, 0) is 10.2 Å². The maximum Gasteiger partial charge on any atom is 0.166 e. The van der Waals surface area contributed by atoms with Gasteiger partial charge in [0, 0.05) is 24.6 Å². The summed E-state index contributed by atoms with van der Waals surface area (Å²) in [5, 5.41) is 0. The molecule has 0 fully saturated rings. The molecule has 0 bridgehead atoms. The Balaban J connectivity index is 2.36. The molecule has 0 unspecified atom stereocenters. The van der Waals surface area contributed by atoms with Crippen molar-refractivity contribution < 1.29 is 22.4 Å². The Bertz CT molecular complexity index is 1100. The summed E-state index contributed by atoms with van der Waals surface area (Å²) in [7, 11) is 3.52. The van der Waals surface area contributed by atoms with E-state index in [2.05, 4.69) is 0 Å². The van der Waals surface area contributed by atoms with E-state index < -0.39 is 45.9 Å². The number of rotatable bonds is 8. The molecule has 0 aliphatic rings. The first-order valence-corrected chi connectivity index (χ1v) is 10.8. The van der Waals surface area contributed by atoms with E-state index in [-0.39, 0.29) is 24.6 Å². The Labute approximate surface area is 191 Å². The second-order valence-electron chi connectivity index (χ2n) is 8.53. The number of carbonyl (C=O) groups is 1. The van der Waals surface area contributed by atoms with Gasteiger partial charge in [-0.2, -0.15) is 0 Å². The quantitative estimate of drug-likeness (QED) is 0.289. The van der Waals surface area contributed by atoms with Gasteiger partial charge in [0.25, 0.3) is 0 Å². The second kappa shape index (κ2) is 9.87. The lowest BCUT2D eigenvalue weighted by molar-refractivity contribution is -0.125. The molecule has 0 aromatic heterocycles. The second-order valence-corrected chi connectivity index (χ2v) is 8.53. The normalized spacial score (nSPS) is 14.2. The van der Waals surface area contributed by atoms with Gasteiger partial charge in [-0.25, -0.2) is 17.6 Å². The number of nitrogens with zero attached hydrogens (tertiary/aromatic N) is 1. The average Bonchev–Trinajstić information content (AvgIpc) is 2.80. The van der Waals surface area contributed by atoms with Crippen molar-refractivity contribution in [2.45, 2.75) is 25.7 Å². The van der Waals surface area contributed by atoms with E-state index in [9.17, 15) is 13.6 Å². The van der Waals surface area contributed by atoms with E-state index in [1.807, 2.05) is 30.3 Å². The zero-order valence-corrected chi connectivity index (χ0v) is 19.1.